The van der Waals surface area contributed by atoms with Gasteiger partial charge in [0.25, 0.3) is 5.91 Å². The number of carbonyl (C=O) groups excluding carboxylic acids is 1. The van der Waals surface area contributed by atoms with Crippen LogP contribution in [0.3, 0.4) is 0 Å². The van der Waals surface area contributed by atoms with Crippen LogP contribution in [0.1, 0.15) is 23.2 Å². The monoisotopic (exact) mass is 330 g/mol. The van der Waals surface area contributed by atoms with Crippen molar-refractivity contribution in [1.29, 1.82) is 0 Å². The molecule has 1 fully saturated rings. The second-order valence-corrected chi connectivity index (χ2v) is 6.28. The molecule has 2 heterocycles. The number of benzene rings is 1. The Labute approximate surface area is 140 Å². The standard InChI is InChI=1S/C18H22N2O4/c1-20-8-6-12(7-9-20)11-19-17(21)14-10-13-4-3-5-15(23-2)16(13)24-18(14)22/h3-5,10,12H,6-9,11H2,1-2H3,(H,19,21). The molecule has 0 spiro atoms. The molecule has 1 N–H and O–H groups in total. The number of para-hydroxylation sites is 1. The summed E-state index contributed by atoms with van der Waals surface area (Å²) in [5.41, 5.74) is -0.256. The van der Waals surface area contributed by atoms with Gasteiger partial charge in [-0.15, -0.1) is 0 Å². The Balaban J connectivity index is 1.75. The first kappa shape index (κ1) is 16.5. The van der Waals surface area contributed by atoms with E-state index < -0.39 is 5.63 Å². The molecule has 128 valence electrons. The zero-order valence-electron chi connectivity index (χ0n) is 14.0. The van der Waals surface area contributed by atoms with Gasteiger partial charge >= 0.3 is 5.63 Å². The zero-order chi connectivity index (χ0) is 17.1. The summed E-state index contributed by atoms with van der Waals surface area (Å²) < 4.78 is 10.5. The Morgan fingerprint density at radius 2 is 2.12 bits per heavy atom. The number of ether oxygens (including phenoxy) is 1. The molecule has 1 aromatic heterocycles. The van der Waals surface area contributed by atoms with E-state index in [1.54, 1.807) is 24.3 Å². The largest absolute Gasteiger partial charge is 0.493 e. The lowest BCUT2D eigenvalue weighted by molar-refractivity contribution is 0.0935. The van der Waals surface area contributed by atoms with Gasteiger partial charge in [0.1, 0.15) is 5.56 Å². The molecule has 1 aliphatic heterocycles. The number of rotatable bonds is 4. The van der Waals surface area contributed by atoms with Crippen molar-refractivity contribution in [3.8, 4) is 5.75 Å². The van der Waals surface area contributed by atoms with E-state index in [9.17, 15) is 9.59 Å². The number of fused-ring (bicyclic) bond motifs is 1. The van der Waals surface area contributed by atoms with Gasteiger partial charge in [-0.3, -0.25) is 4.79 Å². The first-order valence-corrected chi connectivity index (χ1v) is 8.16. The van der Waals surface area contributed by atoms with Crippen LogP contribution in [0.5, 0.6) is 5.75 Å². The van der Waals surface area contributed by atoms with E-state index in [4.69, 9.17) is 9.15 Å². The van der Waals surface area contributed by atoms with Crippen LogP contribution in [0.25, 0.3) is 11.0 Å². The van der Waals surface area contributed by atoms with E-state index in [0.29, 0.717) is 29.2 Å². The summed E-state index contributed by atoms with van der Waals surface area (Å²) in [6.07, 6.45) is 2.11. The lowest BCUT2D eigenvalue weighted by atomic mass is 9.97. The highest BCUT2D eigenvalue weighted by Crippen LogP contribution is 2.24. The molecule has 0 radical (unpaired) electrons. The van der Waals surface area contributed by atoms with E-state index >= 15 is 0 Å². The van der Waals surface area contributed by atoms with Gasteiger partial charge in [-0.05, 0) is 51.0 Å². The molecule has 24 heavy (non-hydrogen) atoms. The van der Waals surface area contributed by atoms with Crippen LogP contribution in [-0.4, -0.2) is 44.6 Å². The summed E-state index contributed by atoms with van der Waals surface area (Å²) in [6.45, 7) is 2.67. The maximum absolute atomic E-state index is 12.4. The van der Waals surface area contributed by atoms with Crippen LogP contribution in [0.2, 0.25) is 0 Å². The number of hydrogen-bond acceptors (Lipinski definition) is 5. The minimum atomic E-state index is -0.645. The summed E-state index contributed by atoms with van der Waals surface area (Å²) in [5.74, 6) is 0.549. The third kappa shape index (κ3) is 3.43. The quantitative estimate of drug-likeness (QED) is 0.867. The van der Waals surface area contributed by atoms with Crippen LogP contribution in [-0.2, 0) is 0 Å². The zero-order valence-corrected chi connectivity index (χ0v) is 14.0. The van der Waals surface area contributed by atoms with Crippen molar-refractivity contribution < 1.29 is 13.9 Å². The van der Waals surface area contributed by atoms with Gasteiger partial charge in [-0.25, -0.2) is 4.79 Å². The van der Waals surface area contributed by atoms with Gasteiger partial charge in [0, 0.05) is 11.9 Å². The third-order valence-electron chi connectivity index (χ3n) is 4.58. The molecule has 6 heteroatoms. The Hall–Kier alpha value is -2.34. The van der Waals surface area contributed by atoms with Crippen LogP contribution < -0.4 is 15.7 Å². The van der Waals surface area contributed by atoms with E-state index in [-0.39, 0.29) is 11.5 Å². The molecule has 0 atom stereocenters. The molecule has 1 saturated heterocycles. The number of amides is 1. The van der Waals surface area contributed by atoms with Crippen molar-refractivity contribution in [2.45, 2.75) is 12.8 Å². The van der Waals surface area contributed by atoms with Gasteiger partial charge in [0.05, 0.1) is 7.11 Å². The molecular weight excluding hydrogens is 308 g/mol. The number of nitrogens with one attached hydrogen (secondary N) is 1. The summed E-state index contributed by atoms with van der Waals surface area (Å²) >= 11 is 0. The van der Waals surface area contributed by atoms with Gasteiger partial charge in [0.15, 0.2) is 11.3 Å². The average Bonchev–Trinajstić information content (AvgIpc) is 2.60. The number of nitrogens with zero attached hydrogens (tertiary/aromatic N) is 1. The van der Waals surface area contributed by atoms with E-state index in [1.165, 1.54) is 7.11 Å². The van der Waals surface area contributed by atoms with E-state index in [0.717, 1.165) is 25.9 Å². The molecule has 1 aromatic carbocycles. The first-order valence-electron chi connectivity index (χ1n) is 8.16. The highest BCUT2D eigenvalue weighted by Gasteiger charge is 2.19. The van der Waals surface area contributed by atoms with Crippen LogP contribution >= 0.6 is 0 Å². The Morgan fingerprint density at radius 3 is 2.83 bits per heavy atom. The van der Waals surface area contributed by atoms with Crippen molar-refractivity contribution in [2.24, 2.45) is 5.92 Å². The fourth-order valence-corrected chi connectivity index (χ4v) is 3.04. The summed E-state index contributed by atoms with van der Waals surface area (Å²) in [6, 6.07) is 6.86. The van der Waals surface area contributed by atoms with Crippen molar-refractivity contribution in [1.82, 2.24) is 10.2 Å². The molecule has 1 amide bonds. The second-order valence-electron chi connectivity index (χ2n) is 6.28. The molecule has 3 rings (SSSR count). The fraction of sp³-hybridized carbons (Fsp3) is 0.444. The number of piperidine rings is 1. The van der Waals surface area contributed by atoms with Crippen molar-refractivity contribution >= 4 is 16.9 Å². The molecule has 0 saturated carbocycles. The number of carbonyl (C=O) groups is 1. The van der Waals surface area contributed by atoms with Crippen molar-refractivity contribution in [3.63, 3.8) is 0 Å². The molecule has 0 unspecified atom stereocenters. The number of hydrogen-bond donors (Lipinski definition) is 1. The maximum atomic E-state index is 12.4. The number of methoxy groups -OCH3 is 1. The first-order chi connectivity index (χ1) is 11.6. The summed E-state index contributed by atoms with van der Waals surface area (Å²) in [5, 5.41) is 3.53. The predicted octanol–water partition coefficient (Wildman–Crippen LogP) is 1.87. The van der Waals surface area contributed by atoms with Crippen molar-refractivity contribution in [3.05, 3.63) is 40.2 Å². The minimum Gasteiger partial charge on any atom is -0.493 e. The lowest BCUT2D eigenvalue weighted by Crippen LogP contribution is -2.37. The van der Waals surface area contributed by atoms with Crippen molar-refractivity contribution in [2.75, 3.05) is 33.8 Å². The van der Waals surface area contributed by atoms with Crippen LogP contribution in [0.4, 0.5) is 0 Å². The van der Waals surface area contributed by atoms with E-state index in [2.05, 4.69) is 17.3 Å². The number of likely N-dealkylation sites (tertiary alicyclic amines) is 1. The van der Waals surface area contributed by atoms with Crippen LogP contribution in [0, 0.1) is 5.92 Å². The topological polar surface area (TPSA) is 71.8 Å². The second kappa shape index (κ2) is 7.05. The molecular formula is C18H22N2O4. The van der Waals surface area contributed by atoms with Gasteiger partial charge in [-0.1, -0.05) is 12.1 Å². The van der Waals surface area contributed by atoms with E-state index in [1.807, 2.05) is 0 Å². The molecule has 0 bridgehead atoms. The molecule has 2 aromatic rings. The summed E-state index contributed by atoms with van der Waals surface area (Å²) in [4.78, 5) is 26.8. The SMILES string of the molecule is COc1cccc2cc(C(=O)NCC3CCN(C)CC3)c(=O)oc12. The summed E-state index contributed by atoms with van der Waals surface area (Å²) in [7, 11) is 3.61. The maximum Gasteiger partial charge on any atom is 0.349 e. The molecule has 0 aliphatic carbocycles. The molecule has 6 nitrogen and oxygen atoms in total. The molecule has 1 aliphatic rings. The highest BCUT2D eigenvalue weighted by atomic mass is 16.5. The highest BCUT2D eigenvalue weighted by molar-refractivity contribution is 5.97. The van der Waals surface area contributed by atoms with Gasteiger partial charge in [-0.2, -0.15) is 0 Å². The average molecular weight is 330 g/mol. The smallest absolute Gasteiger partial charge is 0.349 e. The Kier molecular flexibility index (Phi) is 4.85. The third-order valence-corrected chi connectivity index (χ3v) is 4.58. The van der Waals surface area contributed by atoms with Crippen LogP contribution in [0.15, 0.2) is 33.5 Å². The lowest BCUT2D eigenvalue weighted by Gasteiger charge is -2.28. The minimum absolute atomic E-state index is 0.0312. The predicted molar refractivity (Wildman–Crippen MR) is 91.6 cm³/mol. The normalized spacial score (nSPS) is 16.2. The fourth-order valence-electron chi connectivity index (χ4n) is 3.04. The van der Waals surface area contributed by atoms with Gasteiger partial charge < -0.3 is 19.4 Å². The Morgan fingerprint density at radius 1 is 1.38 bits per heavy atom. The van der Waals surface area contributed by atoms with Gasteiger partial charge in [0.2, 0.25) is 0 Å². The Bertz CT molecular complexity index is 791.